The third-order valence-electron chi connectivity index (χ3n) is 8.85. The van der Waals surface area contributed by atoms with Crippen molar-refractivity contribution in [3.63, 3.8) is 0 Å². The average molecular weight is 502 g/mol. The van der Waals surface area contributed by atoms with Crippen molar-refractivity contribution in [3.8, 4) is 0 Å². The Hall–Kier alpha value is -2.55. The van der Waals surface area contributed by atoms with Gasteiger partial charge in [0.15, 0.2) is 0 Å². The van der Waals surface area contributed by atoms with Gasteiger partial charge in [-0.1, -0.05) is 121 Å². The van der Waals surface area contributed by atoms with Crippen LogP contribution in [-0.2, 0) is 16.4 Å². The van der Waals surface area contributed by atoms with E-state index in [2.05, 4.69) is 96.7 Å². The number of hydrogen-bond donors (Lipinski definition) is 1. The Balaban J connectivity index is 2.09. The summed E-state index contributed by atoms with van der Waals surface area (Å²) in [5.74, 6) is 0.00528. The molecule has 2 aliphatic carbocycles. The van der Waals surface area contributed by atoms with Crippen molar-refractivity contribution in [3.05, 3.63) is 82.9 Å². The van der Waals surface area contributed by atoms with E-state index in [1.165, 1.54) is 34.2 Å². The molecule has 2 aliphatic rings. The Labute approximate surface area is 225 Å². The monoisotopic (exact) mass is 501 g/mol. The van der Waals surface area contributed by atoms with Gasteiger partial charge < -0.3 is 5.11 Å². The van der Waals surface area contributed by atoms with E-state index in [9.17, 15) is 9.90 Å². The number of rotatable bonds is 4. The second kappa shape index (κ2) is 10.3. The van der Waals surface area contributed by atoms with Crippen molar-refractivity contribution in [2.45, 2.75) is 121 Å². The molecule has 2 aromatic rings. The molecular formula is C34H47NO2. The first-order valence-electron chi connectivity index (χ1n) is 14.3. The number of amides is 1. The van der Waals surface area contributed by atoms with Crippen LogP contribution in [0.1, 0.15) is 121 Å². The largest absolute Gasteiger partial charge is 0.465 e. The maximum Gasteiger partial charge on any atom is 0.408 e. The van der Waals surface area contributed by atoms with Crippen LogP contribution in [0, 0.1) is 0 Å². The number of carbonyl (C=O) groups is 1. The highest BCUT2D eigenvalue weighted by Crippen LogP contribution is 2.57. The van der Waals surface area contributed by atoms with Crippen molar-refractivity contribution < 1.29 is 9.90 Å². The van der Waals surface area contributed by atoms with Gasteiger partial charge in [-0.15, -0.1) is 0 Å². The summed E-state index contributed by atoms with van der Waals surface area (Å²) in [7, 11) is 0. The second-order valence-corrected chi connectivity index (χ2v) is 13.5. The summed E-state index contributed by atoms with van der Waals surface area (Å²) >= 11 is 0. The third-order valence-corrected chi connectivity index (χ3v) is 8.85. The van der Waals surface area contributed by atoms with Crippen molar-refractivity contribution >= 4 is 6.09 Å². The van der Waals surface area contributed by atoms with Gasteiger partial charge in [0.25, 0.3) is 0 Å². The van der Waals surface area contributed by atoms with Crippen molar-refractivity contribution in [2.24, 2.45) is 0 Å². The highest BCUT2D eigenvalue weighted by atomic mass is 16.4. The molecule has 4 rings (SSSR count). The minimum atomic E-state index is -0.777. The Bertz CT molecular complexity index is 1130. The smallest absolute Gasteiger partial charge is 0.408 e. The average Bonchev–Trinajstić information content (AvgIpc) is 2.84. The van der Waals surface area contributed by atoms with Gasteiger partial charge in [0.2, 0.25) is 0 Å². The molecule has 1 N–H and O–H groups in total. The molecule has 3 heteroatoms. The Kier molecular flexibility index (Phi) is 7.66. The van der Waals surface area contributed by atoms with E-state index in [4.69, 9.17) is 0 Å². The highest BCUT2D eigenvalue weighted by Gasteiger charge is 2.54. The van der Waals surface area contributed by atoms with Crippen molar-refractivity contribution in [1.82, 2.24) is 4.90 Å². The van der Waals surface area contributed by atoms with Gasteiger partial charge in [0.1, 0.15) is 0 Å². The summed E-state index contributed by atoms with van der Waals surface area (Å²) in [5, 5.41) is 11.1. The van der Waals surface area contributed by atoms with Crippen LogP contribution in [0.2, 0.25) is 0 Å². The fourth-order valence-corrected chi connectivity index (χ4v) is 7.20. The zero-order valence-corrected chi connectivity index (χ0v) is 23.9. The summed E-state index contributed by atoms with van der Waals surface area (Å²) in [5.41, 5.74) is 5.45. The first kappa shape index (κ1) is 27.5. The molecule has 2 saturated carbocycles. The highest BCUT2D eigenvalue weighted by molar-refractivity contribution is 5.69. The Morgan fingerprint density at radius 3 is 2.05 bits per heavy atom. The molecular weight excluding hydrogens is 454 g/mol. The number of nitrogens with zero attached hydrogens (tertiary/aromatic N) is 1. The van der Waals surface area contributed by atoms with Crippen LogP contribution in [0.15, 0.2) is 60.7 Å². The van der Waals surface area contributed by atoms with Crippen LogP contribution >= 0.6 is 0 Å². The molecule has 0 radical (unpaired) electrons. The molecule has 0 saturated heterocycles. The van der Waals surface area contributed by atoms with E-state index >= 15 is 0 Å². The van der Waals surface area contributed by atoms with Crippen LogP contribution in [0.5, 0.6) is 0 Å². The van der Waals surface area contributed by atoms with E-state index in [0.29, 0.717) is 0 Å². The quantitative estimate of drug-likeness (QED) is 0.424. The fraction of sp³-hybridized carbons (Fsp3) is 0.559. The van der Waals surface area contributed by atoms with Crippen LogP contribution < -0.4 is 0 Å². The molecule has 0 heterocycles. The lowest BCUT2D eigenvalue weighted by molar-refractivity contribution is -0.00140. The second-order valence-electron chi connectivity index (χ2n) is 13.5. The standard InChI is InChI=1S/C34H47NO2/c1-24-21-22-34(29-20-14-13-19-28(29)33(5,6)7,35(31(36)37)25-15-9-8-10-16-25)30(23-24)26-17-11-12-18-27(26)32(2,3)4/h11-14,17-20,25,30H,1,8-10,15-16,21-23H2,2-7H3,(H,36,37). The van der Waals surface area contributed by atoms with Crippen molar-refractivity contribution in [2.75, 3.05) is 0 Å². The number of hydrogen-bond acceptors (Lipinski definition) is 1. The Morgan fingerprint density at radius 2 is 1.46 bits per heavy atom. The molecule has 2 atom stereocenters. The summed E-state index contributed by atoms with van der Waals surface area (Å²) in [6.45, 7) is 18.0. The number of carboxylic acid groups (broad SMARTS) is 1. The molecule has 0 bridgehead atoms. The molecule has 1 amide bonds. The van der Waals surface area contributed by atoms with E-state index in [-0.39, 0.29) is 22.8 Å². The molecule has 37 heavy (non-hydrogen) atoms. The molecule has 2 aromatic carbocycles. The lowest BCUT2D eigenvalue weighted by Crippen LogP contribution is -2.59. The van der Waals surface area contributed by atoms with E-state index in [0.717, 1.165) is 44.9 Å². The predicted molar refractivity (Wildman–Crippen MR) is 154 cm³/mol. The number of allylic oxidation sites excluding steroid dienone is 1. The zero-order chi connectivity index (χ0) is 27.0. The van der Waals surface area contributed by atoms with Gasteiger partial charge in [0, 0.05) is 12.0 Å². The lowest BCUT2D eigenvalue weighted by Gasteiger charge is -2.56. The molecule has 0 aliphatic heterocycles. The molecule has 200 valence electrons. The van der Waals surface area contributed by atoms with Gasteiger partial charge in [-0.25, -0.2) is 4.79 Å². The van der Waals surface area contributed by atoms with Crippen LogP contribution in [0.3, 0.4) is 0 Å². The molecule has 0 aromatic heterocycles. The maximum absolute atomic E-state index is 13.5. The normalized spacial score (nSPS) is 23.6. The zero-order valence-electron chi connectivity index (χ0n) is 23.9. The van der Waals surface area contributed by atoms with E-state index in [1.807, 2.05) is 4.90 Å². The summed E-state index contributed by atoms with van der Waals surface area (Å²) in [6, 6.07) is 17.5. The van der Waals surface area contributed by atoms with Gasteiger partial charge in [0.05, 0.1) is 5.54 Å². The number of benzene rings is 2. The Morgan fingerprint density at radius 1 is 0.892 bits per heavy atom. The minimum absolute atomic E-state index is 0.00528. The molecule has 3 nitrogen and oxygen atoms in total. The van der Waals surface area contributed by atoms with Gasteiger partial charge >= 0.3 is 6.09 Å². The van der Waals surface area contributed by atoms with Gasteiger partial charge in [-0.05, 0) is 65.2 Å². The molecule has 0 spiro atoms. The lowest BCUT2D eigenvalue weighted by atomic mass is 9.59. The first-order valence-corrected chi connectivity index (χ1v) is 14.3. The summed E-state index contributed by atoms with van der Waals surface area (Å²) < 4.78 is 0. The van der Waals surface area contributed by atoms with Crippen LogP contribution in [-0.4, -0.2) is 22.1 Å². The van der Waals surface area contributed by atoms with Crippen LogP contribution in [0.4, 0.5) is 4.79 Å². The molecule has 2 fully saturated rings. The first-order chi connectivity index (χ1) is 17.4. The van der Waals surface area contributed by atoms with Crippen molar-refractivity contribution in [1.29, 1.82) is 0 Å². The SMILES string of the molecule is C=C1CCC(c2ccccc2C(C)(C)C)(N(C(=O)O)C2CCCCC2)C(c2ccccc2C(C)(C)C)C1. The fourth-order valence-electron chi connectivity index (χ4n) is 7.20. The van der Waals surface area contributed by atoms with Gasteiger partial charge in [-0.2, -0.15) is 0 Å². The summed E-state index contributed by atoms with van der Waals surface area (Å²) in [6.07, 6.45) is 6.93. The van der Waals surface area contributed by atoms with Crippen LogP contribution in [0.25, 0.3) is 0 Å². The predicted octanol–water partition coefficient (Wildman–Crippen LogP) is 9.31. The summed E-state index contributed by atoms with van der Waals surface area (Å²) in [4.78, 5) is 15.4. The minimum Gasteiger partial charge on any atom is -0.465 e. The van der Waals surface area contributed by atoms with E-state index in [1.54, 1.807) is 0 Å². The molecule has 2 unspecified atom stereocenters. The third kappa shape index (κ3) is 5.24. The maximum atomic E-state index is 13.5. The van der Waals surface area contributed by atoms with E-state index < -0.39 is 11.6 Å². The topological polar surface area (TPSA) is 40.5 Å². The van der Waals surface area contributed by atoms with Gasteiger partial charge in [-0.3, -0.25) is 4.90 Å².